The number of hydrogen-bond donors (Lipinski definition) is 2. The van der Waals surface area contributed by atoms with Crippen molar-refractivity contribution in [3.8, 4) is 5.88 Å². The number of aromatic amines is 1. The van der Waals surface area contributed by atoms with E-state index in [9.17, 15) is 14.7 Å². The average molecular weight is 253 g/mol. The van der Waals surface area contributed by atoms with Gasteiger partial charge in [0, 0.05) is 13.1 Å². The van der Waals surface area contributed by atoms with Gasteiger partial charge in [-0.05, 0) is 39.3 Å². The van der Waals surface area contributed by atoms with E-state index in [4.69, 9.17) is 0 Å². The van der Waals surface area contributed by atoms with Gasteiger partial charge in [-0.1, -0.05) is 0 Å². The van der Waals surface area contributed by atoms with Crippen LogP contribution in [-0.4, -0.2) is 39.7 Å². The molecule has 2 N–H and O–H groups in total. The van der Waals surface area contributed by atoms with Crippen molar-refractivity contribution in [1.82, 2.24) is 14.5 Å². The molecule has 6 nitrogen and oxygen atoms in total. The molecule has 1 fully saturated rings. The summed E-state index contributed by atoms with van der Waals surface area (Å²) in [6, 6.07) is 0. The molecular formula is C12H19N3O3. The Morgan fingerprint density at radius 2 is 2.17 bits per heavy atom. The molecule has 2 rings (SSSR count). The fraction of sp³-hybridized carbons (Fsp3) is 0.667. The lowest BCUT2D eigenvalue weighted by atomic mass is 9.98. The summed E-state index contributed by atoms with van der Waals surface area (Å²) < 4.78 is 1.26. The number of hydrogen-bond acceptors (Lipinski definition) is 4. The van der Waals surface area contributed by atoms with Gasteiger partial charge in [0.1, 0.15) is 0 Å². The number of rotatable bonds is 2. The van der Waals surface area contributed by atoms with Crippen molar-refractivity contribution in [3.05, 3.63) is 26.4 Å². The summed E-state index contributed by atoms with van der Waals surface area (Å²) in [5.74, 6) is 0.120. The maximum Gasteiger partial charge on any atom is 0.331 e. The van der Waals surface area contributed by atoms with Gasteiger partial charge in [0.2, 0.25) is 5.88 Å². The first-order valence-corrected chi connectivity index (χ1v) is 6.20. The zero-order valence-electron chi connectivity index (χ0n) is 10.8. The van der Waals surface area contributed by atoms with Gasteiger partial charge in [-0.3, -0.25) is 14.3 Å². The Morgan fingerprint density at radius 3 is 2.83 bits per heavy atom. The molecule has 1 atom stereocenters. The third-order valence-electron chi connectivity index (χ3n) is 3.56. The molecule has 1 aliphatic heterocycles. The monoisotopic (exact) mass is 253 g/mol. The number of nitrogens with one attached hydrogen (secondary N) is 1. The smallest absolute Gasteiger partial charge is 0.331 e. The fourth-order valence-electron chi connectivity index (χ4n) is 2.51. The second-order valence-corrected chi connectivity index (χ2v) is 5.09. The maximum atomic E-state index is 11.7. The first-order valence-electron chi connectivity index (χ1n) is 6.20. The van der Waals surface area contributed by atoms with Gasteiger partial charge in [0.05, 0.1) is 5.56 Å². The number of likely N-dealkylation sites (tertiary alicyclic amines) is 1. The van der Waals surface area contributed by atoms with Crippen molar-refractivity contribution in [2.24, 2.45) is 5.92 Å². The van der Waals surface area contributed by atoms with Gasteiger partial charge in [-0.15, -0.1) is 0 Å². The SMILES string of the molecule is Cc1c(O)n(CC2CCCN(C)C2)c(=O)[nH]c1=O. The first kappa shape index (κ1) is 12.9. The molecule has 0 aromatic carbocycles. The van der Waals surface area contributed by atoms with Gasteiger partial charge in [0.15, 0.2) is 0 Å². The van der Waals surface area contributed by atoms with E-state index in [-0.39, 0.29) is 11.4 Å². The van der Waals surface area contributed by atoms with E-state index in [1.165, 1.54) is 11.5 Å². The Balaban J connectivity index is 2.26. The predicted octanol–water partition coefficient (Wildman–Crippen LogP) is -0.108. The zero-order valence-corrected chi connectivity index (χ0v) is 10.8. The largest absolute Gasteiger partial charge is 0.494 e. The molecule has 18 heavy (non-hydrogen) atoms. The third kappa shape index (κ3) is 2.48. The Labute approximate surface area is 105 Å². The molecule has 1 unspecified atom stereocenters. The Bertz CT molecular complexity index is 546. The van der Waals surface area contributed by atoms with Crippen molar-refractivity contribution in [2.75, 3.05) is 20.1 Å². The van der Waals surface area contributed by atoms with Crippen LogP contribution in [0.2, 0.25) is 0 Å². The molecule has 0 saturated carbocycles. The van der Waals surface area contributed by atoms with Crippen molar-refractivity contribution in [2.45, 2.75) is 26.3 Å². The summed E-state index contributed by atoms with van der Waals surface area (Å²) in [4.78, 5) is 27.5. The molecule has 6 heteroatoms. The van der Waals surface area contributed by atoms with E-state index >= 15 is 0 Å². The van der Waals surface area contributed by atoms with E-state index in [0.29, 0.717) is 12.5 Å². The Hall–Kier alpha value is -1.56. The van der Waals surface area contributed by atoms with Crippen molar-refractivity contribution in [3.63, 3.8) is 0 Å². The number of nitrogens with zero attached hydrogens (tertiary/aromatic N) is 2. The highest BCUT2D eigenvalue weighted by Crippen LogP contribution is 2.18. The van der Waals surface area contributed by atoms with Crippen LogP contribution >= 0.6 is 0 Å². The van der Waals surface area contributed by atoms with Crippen LogP contribution in [0.15, 0.2) is 9.59 Å². The van der Waals surface area contributed by atoms with E-state index in [1.54, 1.807) is 0 Å². The lowest BCUT2D eigenvalue weighted by Crippen LogP contribution is -2.38. The zero-order chi connectivity index (χ0) is 13.3. The predicted molar refractivity (Wildman–Crippen MR) is 67.9 cm³/mol. The van der Waals surface area contributed by atoms with Crippen molar-refractivity contribution in [1.29, 1.82) is 0 Å². The molecule has 1 aromatic rings. The number of piperidine rings is 1. The highest BCUT2D eigenvalue weighted by molar-refractivity contribution is 5.20. The van der Waals surface area contributed by atoms with Crippen LogP contribution in [0.5, 0.6) is 5.88 Å². The number of H-pyrrole nitrogens is 1. The minimum atomic E-state index is -0.531. The normalized spacial score (nSPS) is 21.1. The van der Waals surface area contributed by atoms with Crippen LogP contribution < -0.4 is 11.2 Å². The van der Waals surface area contributed by atoms with Crippen LogP contribution in [-0.2, 0) is 6.54 Å². The number of aromatic hydroxyl groups is 1. The van der Waals surface area contributed by atoms with Crippen molar-refractivity contribution < 1.29 is 5.11 Å². The summed E-state index contributed by atoms with van der Waals surface area (Å²) in [5, 5.41) is 9.89. The number of aromatic nitrogens is 2. The van der Waals surface area contributed by atoms with Gasteiger partial charge >= 0.3 is 5.69 Å². The molecule has 0 aliphatic carbocycles. The van der Waals surface area contributed by atoms with Crippen LogP contribution in [0, 0.1) is 12.8 Å². The van der Waals surface area contributed by atoms with Crippen LogP contribution in [0.4, 0.5) is 0 Å². The van der Waals surface area contributed by atoms with E-state index in [1.807, 2.05) is 7.05 Å². The highest BCUT2D eigenvalue weighted by Gasteiger charge is 2.20. The summed E-state index contributed by atoms with van der Waals surface area (Å²) >= 11 is 0. The van der Waals surface area contributed by atoms with Gasteiger partial charge in [-0.25, -0.2) is 4.79 Å². The molecule has 0 bridgehead atoms. The van der Waals surface area contributed by atoms with Gasteiger partial charge < -0.3 is 10.0 Å². The molecule has 1 saturated heterocycles. The summed E-state index contributed by atoms with van der Waals surface area (Å²) in [6.07, 6.45) is 2.13. The van der Waals surface area contributed by atoms with Crippen LogP contribution in [0.1, 0.15) is 18.4 Å². The molecule has 1 aliphatic rings. The minimum Gasteiger partial charge on any atom is -0.494 e. The molecular weight excluding hydrogens is 234 g/mol. The van der Waals surface area contributed by atoms with E-state index in [2.05, 4.69) is 9.88 Å². The highest BCUT2D eigenvalue weighted by atomic mass is 16.3. The average Bonchev–Trinajstić information content (AvgIpc) is 2.32. The van der Waals surface area contributed by atoms with Gasteiger partial charge in [-0.2, -0.15) is 0 Å². The molecule has 1 aromatic heterocycles. The second kappa shape index (κ2) is 4.97. The summed E-state index contributed by atoms with van der Waals surface area (Å²) in [5.41, 5.74) is -0.857. The van der Waals surface area contributed by atoms with Crippen LogP contribution in [0.3, 0.4) is 0 Å². The molecule has 100 valence electrons. The fourth-order valence-corrected chi connectivity index (χ4v) is 2.51. The first-order chi connectivity index (χ1) is 8.49. The molecule has 0 spiro atoms. The lowest BCUT2D eigenvalue weighted by Gasteiger charge is -2.30. The Kier molecular flexibility index (Phi) is 3.56. The molecule has 0 amide bonds. The van der Waals surface area contributed by atoms with Crippen molar-refractivity contribution >= 4 is 0 Å². The maximum absolute atomic E-state index is 11.7. The van der Waals surface area contributed by atoms with E-state index in [0.717, 1.165) is 25.9 Å². The second-order valence-electron chi connectivity index (χ2n) is 5.09. The molecule has 0 radical (unpaired) electrons. The van der Waals surface area contributed by atoms with E-state index < -0.39 is 11.2 Å². The summed E-state index contributed by atoms with van der Waals surface area (Å²) in [6.45, 7) is 3.94. The summed E-state index contributed by atoms with van der Waals surface area (Å²) in [7, 11) is 2.05. The Morgan fingerprint density at radius 1 is 1.44 bits per heavy atom. The lowest BCUT2D eigenvalue weighted by molar-refractivity contribution is 0.188. The molecule has 2 heterocycles. The minimum absolute atomic E-state index is 0.193. The van der Waals surface area contributed by atoms with Gasteiger partial charge in [0.25, 0.3) is 5.56 Å². The quantitative estimate of drug-likeness (QED) is 0.771. The van der Waals surface area contributed by atoms with Crippen LogP contribution in [0.25, 0.3) is 0 Å². The third-order valence-corrected chi connectivity index (χ3v) is 3.56. The topological polar surface area (TPSA) is 78.3 Å². The standard InChI is InChI=1S/C12H19N3O3/c1-8-10(16)13-12(18)15(11(8)17)7-9-4-3-5-14(2)6-9/h9,17H,3-7H2,1-2H3,(H,13,16,18).